The SMILES string of the molecule is CCC(CNC)c1nc(-c2ccccn2)cs1. The van der Waals surface area contributed by atoms with E-state index in [1.165, 1.54) is 5.01 Å². The Bertz CT molecular complexity index is 453. The molecule has 0 spiro atoms. The third-order valence-electron chi connectivity index (χ3n) is 2.74. The Hall–Kier alpha value is -1.26. The summed E-state index contributed by atoms with van der Waals surface area (Å²) in [6.45, 7) is 3.18. The maximum absolute atomic E-state index is 4.69. The number of likely N-dealkylation sites (N-methyl/N-ethyl adjacent to an activating group) is 1. The molecule has 4 heteroatoms. The third kappa shape index (κ3) is 2.90. The van der Waals surface area contributed by atoms with Crippen molar-refractivity contribution in [3.63, 3.8) is 0 Å². The number of rotatable bonds is 5. The van der Waals surface area contributed by atoms with Crippen LogP contribution in [-0.4, -0.2) is 23.6 Å². The maximum Gasteiger partial charge on any atom is 0.0998 e. The molecule has 0 aliphatic rings. The lowest BCUT2D eigenvalue weighted by molar-refractivity contribution is 0.609. The molecule has 2 aromatic rings. The van der Waals surface area contributed by atoms with Crippen molar-refractivity contribution in [2.45, 2.75) is 19.3 Å². The Labute approximate surface area is 106 Å². The van der Waals surface area contributed by atoms with Crippen LogP contribution in [0.1, 0.15) is 24.3 Å². The van der Waals surface area contributed by atoms with Gasteiger partial charge in [0, 0.05) is 24.0 Å². The minimum Gasteiger partial charge on any atom is -0.319 e. The van der Waals surface area contributed by atoms with Gasteiger partial charge in [-0.3, -0.25) is 4.98 Å². The molecule has 90 valence electrons. The summed E-state index contributed by atoms with van der Waals surface area (Å²) in [5, 5.41) is 6.51. The van der Waals surface area contributed by atoms with E-state index in [-0.39, 0.29) is 0 Å². The van der Waals surface area contributed by atoms with Crippen LogP contribution in [-0.2, 0) is 0 Å². The summed E-state index contributed by atoms with van der Waals surface area (Å²) in [6, 6.07) is 5.91. The highest BCUT2D eigenvalue weighted by atomic mass is 32.1. The second kappa shape index (κ2) is 5.89. The topological polar surface area (TPSA) is 37.8 Å². The number of aromatic nitrogens is 2. The molecule has 2 aromatic heterocycles. The molecular weight excluding hydrogens is 230 g/mol. The number of pyridine rings is 1. The summed E-state index contributed by atoms with van der Waals surface area (Å²) in [5.74, 6) is 0.502. The van der Waals surface area contributed by atoms with Gasteiger partial charge in [0.25, 0.3) is 0 Å². The van der Waals surface area contributed by atoms with Crippen LogP contribution in [0.4, 0.5) is 0 Å². The molecule has 0 saturated carbocycles. The lowest BCUT2D eigenvalue weighted by Crippen LogP contribution is -2.16. The van der Waals surface area contributed by atoms with E-state index in [2.05, 4.69) is 27.6 Å². The smallest absolute Gasteiger partial charge is 0.0998 e. The molecule has 1 atom stereocenters. The van der Waals surface area contributed by atoms with Crippen LogP contribution in [0.3, 0.4) is 0 Å². The van der Waals surface area contributed by atoms with Crippen molar-refractivity contribution in [1.29, 1.82) is 0 Å². The number of nitrogens with one attached hydrogen (secondary N) is 1. The van der Waals surface area contributed by atoms with Gasteiger partial charge in [0.05, 0.1) is 16.4 Å². The first-order chi connectivity index (χ1) is 8.35. The van der Waals surface area contributed by atoms with Gasteiger partial charge in [-0.25, -0.2) is 4.98 Å². The molecule has 2 rings (SSSR count). The van der Waals surface area contributed by atoms with Crippen molar-refractivity contribution in [3.8, 4) is 11.4 Å². The Morgan fingerprint density at radius 3 is 2.88 bits per heavy atom. The van der Waals surface area contributed by atoms with Crippen LogP contribution in [0.15, 0.2) is 29.8 Å². The van der Waals surface area contributed by atoms with Gasteiger partial charge in [-0.2, -0.15) is 0 Å². The van der Waals surface area contributed by atoms with Crippen molar-refractivity contribution in [2.75, 3.05) is 13.6 Å². The average Bonchev–Trinajstić information content (AvgIpc) is 2.86. The van der Waals surface area contributed by atoms with Gasteiger partial charge in [0.1, 0.15) is 0 Å². The van der Waals surface area contributed by atoms with Gasteiger partial charge in [-0.15, -0.1) is 11.3 Å². The lowest BCUT2D eigenvalue weighted by atomic mass is 10.1. The first-order valence-corrected chi connectivity index (χ1v) is 6.74. The molecule has 0 fully saturated rings. The van der Waals surface area contributed by atoms with E-state index in [0.29, 0.717) is 5.92 Å². The molecule has 0 bridgehead atoms. The van der Waals surface area contributed by atoms with Gasteiger partial charge in [-0.05, 0) is 25.6 Å². The molecule has 2 heterocycles. The Morgan fingerprint density at radius 2 is 2.24 bits per heavy atom. The number of nitrogens with zero attached hydrogens (tertiary/aromatic N) is 2. The molecule has 3 nitrogen and oxygen atoms in total. The van der Waals surface area contributed by atoms with Crippen LogP contribution in [0.25, 0.3) is 11.4 Å². The van der Waals surface area contributed by atoms with Crippen LogP contribution in [0.2, 0.25) is 0 Å². The second-order valence-corrected chi connectivity index (χ2v) is 4.84. The van der Waals surface area contributed by atoms with E-state index < -0.39 is 0 Å². The second-order valence-electron chi connectivity index (χ2n) is 3.95. The van der Waals surface area contributed by atoms with Crippen molar-refractivity contribution in [3.05, 3.63) is 34.8 Å². The van der Waals surface area contributed by atoms with Crippen LogP contribution in [0, 0.1) is 0 Å². The zero-order valence-electron chi connectivity index (χ0n) is 10.2. The largest absolute Gasteiger partial charge is 0.319 e. The Balaban J connectivity index is 2.21. The first kappa shape index (κ1) is 12.2. The van der Waals surface area contributed by atoms with E-state index in [9.17, 15) is 0 Å². The molecule has 0 aliphatic heterocycles. The van der Waals surface area contributed by atoms with E-state index in [0.717, 1.165) is 24.4 Å². The van der Waals surface area contributed by atoms with Crippen molar-refractivity contribution < 1.29 is 0 Å². The van der Waals surface area contributed by atoms with Crippen molar-refractivity contribution >= 4 is 11.3 Å². The van der Waals surface area contributed by atoms with Crippen LogP contribution >= 0.6 is 11.3 Å². The quantitative estimate of drug-likeness (QED) is 0.882. The average molecular weight is 247 g/mol. The van der Waals surface area contributed by atoms with E-state index in [4.69, 9.17) is 0 Å². The molecule has 0 aliphatic carbocycles. The van der Waals surface area contributed by atoms with Crippen molar-refractivity contribution in [1.82, 2.24) is 15.3 Å². The van der Waals surface area contributed by atoms with E-state index in [1.807, 2.05) is 25.2 Å². The summed E-state index contributed by atoms with van der Waals surface area (Å²) in [4.78, 5) is 9.01. The van der Waals surface area contributed by atoms with Gasteiger partial charge in [0.15, 0.2) is 0 Å². The van der Waals surface area contributed by atoms with Crippen molar-refractivity contribution in [2.24, 2.45) is 0 Å². The fourth-order valence-electron chi connectivity index (χ4n) is 1.76. The molecular formula is C13H17N3S. The molecule has 1 N–H and O–H groups in total. The summed E-state index contributed by atoms with van der Waals surface area (Å²) >= 11 is 1.73. The fourth-order valence-corrected chi connectivity index (χ4v) is 2.76. The molecule has 0 saturated heterocycles. The lowest BCUT2D eigenvalue weighted by Gasteiger charge is -2.10. The molecule has 0 amide bonds. The maximum atomic E-state index is 4.69. The summed E-state index contributed by atoms with van der Waals surface area (Å²) < 4.78 is 0. The predicted molar refractivity (Wildman–Crippen MR) is 72.3 cm³/mol. The summed E-state index contributed by atoms with van der Waals surface area (Å²) in [6.07, 6.45) is 2.91. The molecule has 17 heavy (non-hydrogen) atoms. The van der Waals surface area contributed by atoms with E-state index in [1.54, 1.807) is 17.5 Å². The van der Waals surface area contributed by atoms with Crippen LogP contribution in [0.5, 0.6) is 0 Å². The number of hydrogen-bond acceptors (Lipinski definition) is 4. The highest BCUT2D eigenvalue weighted by Crippen LogP contribution is 2.26. The minimum absolute atomic E-state index is 0.502. The Kier molecular flexibility index (Phi) is 4.23. The number of hydrogen-bond donors (Lipinski definition) is 1. The molecule has 0 aromatic carbocycles. The van der Waals surface area contributed by atoms with Gasteiger partial charge in [-0.1, -0.05) is 13.0 Å². The zero-order chi connectivity index (χ0) is 12.1. The zero-order valence-corrected chi connectivity index (χ0v) is 11.0. The van der Waals surface area contributed by atoms with Crippen LogP contribution < -0.4 is 5.32 Å². The Morgan fingerprint density at radius 1 is 1.35 bits per heavy atom. The summed E-state index contributed by atoms with van der Waals surface area (Å²) in [7, 11) is 1.98. The summed E-state index contributed by atoms with van der Waals surface area (Å²) in [5.41, 5.74) is 1.94. The standard InChI is InChI=1S/C13H17N3S/c1-3-10(8-14-2)13-16-12(9-17-13)11-6-4-5-7-15-11/h4-7,9-10,14H,3,8H2,1-2H3. The van der Waals surface area contributed by atoms with Gasteiger partial charge >= 0.3 is 0 Å². The molecule has 0 radical (unpaired) electrons. The number of thiazole rings is 1. The van der Waals surface area contributed by atoms with Gasteiger partial charge in [0.2, 0.25) is 0 Å². The predicted octanol–water partition coefficient (Wildman–Crippen LogP) is 2.92. The highest BCUT2D eigenvalue weighted by molar-refractivity contribution is 7.10. The first-order valence-electron chi connectivity index (χ1n) is 5.86. The third-order valence-corrected chi connectivity index (χ3v) is 3.75. The highest BCUT2D eigenvalue weighted by Gasteiger charge is 2.13. The normalized spacial score (nSPS) is 12.6. The van der Waals surface area contributed by atoms with E-state index >= 15 is 0 Å². The molecule has 1 unspecified atom stereocenters. The minimum atomic E-state index is 0.502. The fraction of sp³-hybridized carbons (Fsp3) is 0.385. The monoisotopic (exact) mass is 247 g/mol. The van der Waals surface area contributed by atoms with Gasteiger partial charge < -0.3 is 5.32 Å².